The molecule has 1 heterocycles. The van der Waals surface area contributed by atoms with Crippen LogP contribution in [0, 0.1) is 17.6 Å². The van der Waals surface area contributed by atoms with E-state index in [1.165, 1.54) is 6.07 Å². The number of halogens is 2. The SMILES string of the molecule is CCOc1ccc(NC(=O)C2CCN(C(=O)c3ccc(F)c(F)c3)CC2)cc1. The number of nitrogens with zero attached hydrogens (tertiary/aromatic N) is 1. The van der Waals surface area contributed by atoms with E-state index in [0.717, 1.165) is 17.9 Å². The summed E-state index contributed by atoms with van der Waals surface area (Å²) in [6, 6.07) is 10.3. The van der Waals surface area contributed by atoms with Crippen molar-refractivity contribution in [2.45, 2.75) is 19.8 Å². The maximum absolute atomic E-state index is 13.3. The Labute approximate surface area is 162 Å². The largest absolute Gasteiger partial charge is 0.494 e. The molecule has 1 N–H and O–H groups in total. The molecule has 0 atom stereocenters. The van der Waals surface area contributed by atoms with Gasteiger partial charge in [-0.2, -0.15) is 0 Å². The van der Waals surface area contributed by atoms with Crippen LogP contribution in [0.5, 0.6) is 5.75 Å². The van der Waals surface area contributed by atoms with E-state index < -0.39 is 11.6 Å². The third kappa shape index (κ3) is 4.65. The minimum absolute atomic E-state index is 0.0934. The molecule has 0 spiro atoms. The maximum Gasteiger partial charge on any atom is 0.253 e. The fourth-order valence-corrected chi connectivity index (χ4v) is 3.20. The van der Waals surface area contributed by atoms with Crippen molar-refractivity contribution in [1.29, 1.82) is 0 Å². The number of nitrogens with one attached hydrogen (secondary N) is 1. The van der Waals surface area contributed by atoms with Crippen LogP contribution < -0.4 is 10.1 Å². The number of carbonyl (C=O) groups excluding carboxylic acids is 2. The summed E-state index contributed by atoms with van der Waals surface area (Å²) in [5.74, 6) is -1.95. The second-order valence-corrected chi connectivity index (χ2v) is 6.64. The summed E-state index contributed by atoms with van der Waals surface area (Å²) in [5.41, 5.74) is 0.796. The van der Waals surface area contributed by atoms with Crippen molar-refractivity contribution in [3.63, 3.8) is 0 Å². The molecule has 0 radical (unpaired) electrons. The number of benzene rings is 2. The summed E-state index contributed by atoms with van der Waals surface area (Å²) in [6.45, 7) is 3.26. The lowest BCUT2D eigenvalue weighted by molar-refractivity contribution is -0.121. The summed E-state index contributed by atoms with van der Waals surface area (Å²) in [5, 5.41) is 2.88. The van der Waals surface area contributed by atoms with Gasteiger partial charge >= 0.3 is 0 Å². The smallest absolute Gasteiger partial charge is 0.253 e. The van der Waals surface area contributed by atoms with Gasteiger partial charge in [0, 0.05) is 30.3 Å². The van der Waals surface area contributed by atoms with E-state index in [-0.39, 0.29) is 23.3 Å². The first-order valence-electron chi connectivity index (χ1n) is 9.26. The molecule has 3 rings (SSSR count). The molecule has 2 aromatic carbocycles. The summed E-state index contributed by atoms with van der Waals surface area (Å²) in [7, 11) is 0. The minimum Gasteiger partial charge on any atom is -0.494 e. The topological polar surface area (TPSA) is 58.6 Å². The average Bonchev–Trinajstić information content (AvgIpc) is 2.71. The van der Waals surface area contributed by atoms with Crippen LogP contribution in [0.2, 0.25) is 0 Å². The molecule has 5 nitrogen and oxygen atoms in total. The van der Waals surface area contributed by atoms with Crippen molar-refractivity contribution in [1.82, 2.24) is 4.90 Å². The number of likely N-dealkylation sites (tertiary alicyclic amines) is 1. The molecule has 2 aromatic rings. The average molecular weight is 388 g/mol. The molecule has 1 aliphatic heterocycles. The Hall–Kier alpha value is -2.96. The number of hydrogen-bond donors (Lipinski definition) is 1. The molecule has 0 aromatic heterocycles. The number of piperidine rings is 1. The van der Waals surface area contributed by atoms with Crippen LogP contribution in [0.3, 0.4) is 0 Å². The van der Waals surface area contributed by atoms with Gasteiger partial charge in [0.1, 0.15) is 5.75 Å². The fraction of sp³-hybridized carbons (Fsp3) is 0.333. The number of ether oxygens (including phenoxy) is 1. The summed E-state index contributed by atoms with van der Waals surface area (Å²) in [6.07, 6.45) is 1.02. The molecule has 1 fully saturated rings. The first-order chi connectivity index (χ1) is 13.5. The quantitative estimate of drug-likeness (QED) is 0.846. The molecule has 0 aliphatic carbocycles. The van der Waals surface area contributed by atoms with Crippen molar-refractivity contribution >= 4 is 17.5 Å². The van der Waals surface area contributed by atoms with Crippen molar-refractivity contribution in [2.24, 2.45) is 5.92 Å². The van der Waals surface area contributed by atoms with Gasteiger partial charge in [-0.1, -0.05) is 0 Å². The van der Waals surface area contributed by atoms with E-state index in [0.29, 0.717) is 38.2 Å². The van der Waals surface area contributed by atoms with Crippen LogP contribution in [0.1, 0.15) is 30.1 Å². The van der Waals surface area contributed by atoms with Gasteiger partial charge in [0.25, 0.3) is 5.91 Å². The number of rotatable bonds is 5. The van der Waals surface area contributed by atoms with Crippen LogP contribution in [0.25, 0.3) is 0 Å². The van der Waals surface area contributed by atoms with Gasteiger partial charge in [0.05, 0.1) is 6.61 Å². The molecular formula is C21H22F2N2O3. The van der Waals surface area contributed by atoms with Gasteiger partial charge in [-0.15, -0.1) is 0 Å². The maximum atomic E-state index is 13.3. The summed E-state index contributed by atoms with van der Waals surface area (Å²) in [4.78, 5) is 26.5. The fourth-order valence-electron chi connectivity index (χ4n) is 3.20. The molecule has 148 valence electrons. The highest BCUT2D eigenvalue weighted by molar-refractivity contribution is 5.95. The van der Waals surface area contributed by atoms with Gasteiger partial charge in [-0.3, -0.25) is 9.59 Å². The monoisotopic (exact) mass is 388 g/mol. The second-order valence-electron chi connectivity index (χ2n) is 6.64. The molecule has 0 unspecified atom stereocenters. The zero-order chi connectivity index (χ0) is 20.1. The van der Waals surface area contributed by atoms with E-state index in [1.807, 2.05) is 6.92 Å². The predicted octanol–water partition coefficient (Wildman–Crippen LogP) is 3.85. The van der Waals surface area contributed by atoms with Gasteiger partial charge in [0.15, 0.2) is 11.6 Å². The normalized spacial score (nSPS) is 14.6. The second kappa shape index (κ2) is 8.82. The van der Waals surface area contributed by atoms with Crippen molar-refractivity contribution in [3.05, 3.63) is 59.7 Å². The Morgan fingerprint density at radius 1 is 1.07 bits per heavy atom. The van der Waals surface area contributed by atoms with Crippen molar-refractivity contribution < 1.29 is 23.1 Å². The Morgan fingerprint density at radius 2 is 1.75 bits per heavy atom. The minimum atomic E-state index is -1.05. The van der Waals surface area contributed by atoms with Gasteiger partial charge in [0.2, 0.25) is 5.91 Å². The van der Waals surface area contributed by atoms with E-state index in [1.54, 1.807) is 29.2 Å². The van der Waals surface area contributed by atoms with E-state index in [9.17, 15) is 18.4 Å². The lowest BCUT2D eigenvalue weighted by atomic mass is 9.95. The van der Waals surface area contributed by atoms with Gasteiger partial charge in [-0.05, 0) is 62.2 Å². The molecule has 7 heteroatoms. The molecule has 0 saturated carbocycles. The lowest BCUT2D eigenvalue weighted by Gasteiger charge is -2.31. The Kier molecular flexibility index (Phi) is 6.23. The number of amides is 2. The van der Waals surface area contributed by atoms with E-state index >= 15 is 0 Å². The van der Waals surface area contributed by atoms with E-state index in [2.05, 4.69) is 5.32 Å². The molecular weight excluding hydrogens is 366 g/mol. The summed E-state index contributed by atoms with van der Waals surface area (Å²) >= 11 is 0. The molecule has 2 amide bonds. The zero-order valence-corrected chi connectivity index (χ0v) is 15.6. The van der Waals surface area contributed by atoms with Crippen LogP contribution in [0.15, 0.2) is 42.5 Å². The highest BCUT2D eigenvalue weighted by Gasteiger charge is 2.28. The molecule has 0 bridgehead atoms. The van der Waals surface area contributed by atoms with E-state index in [4.69, 9.17) is 4.74 Å². The lowest BCUT2D eigenvalue weighted by Crippen LogP contribution is -2.41. The van der Waals surface area contributed by atoms with Crippen LogP contribution >= 0.6 is 0 Å². The van der Waals surface area contributed by atoms with Crippen LogP contribution in [-0.2, 0) is 4.79 Å². The highest BCUT2D eigenvalue weighted by Crippen LogP contribution is 2.22. The van der Waals surface area contributed by atoms with Crippen LogP contribution in [-0.4, -0.2) is 36.4 Å². The van der Waals surface area contributed by atoms with Gasteiger partial charge < -0.3 is 15.0 Å². The standard InChI is InChI=1S/C21H22F2N2O3/c1-2-28-17-6-4-16(5-7-17)24-20(26)14-9-11-25(12-10-14)21(27)15-3-8-18(22)19(23)13-15/h3-8,13-14H,2,9-12H2,1H3,(H,24,26). The van der Waals surface area contributed by atoms with Crippen molar-refractivity contribution in [2.75, 3.05) is 25.0 Å². The van der Waals surface area contributed by atoms with Crippen molar-refractivity contribution in [3.8, 4) is 5.75 Å². The Bertz CT molecular complexity index is 847. The summed E-state index contributed by atoms with van der Waals surface area (Å²) < 4.78 is 31.7. The molecule has 28 heavy (non-hydrogen) atoms. The third-order valence-corrected chi connectivity index (χ3v) is 4.75. The number of hydrogen-bond acceptors (Lipinski definition) is 3. The number of anilines is 1. The Morgan fingerprint density at radius 3 is 2.36 bits per heavy atom. The first kappa shape index (κ1) is 19.8. The Balaban J connectivity index is 1.53. The van der Waals surface area contributed by atoms with Crippen LogP contribution in [0.4, 0.5) is 14.5 Å². The predicted molar refractivity (Wildman–Crippen MR) is 101 cm³/mol. The van der Waals surface area contributed by atoms with Gasteiger partial charge in [-0.25, -0.2) is 8.78 Å². The number of carbonyl (C=O) groups is 2. The molecule has 1 aliphatic rings. The highest BCUT2D eigenvalue weighted by atomic mass is 19.2. The zero-order valence-electron chi connectivity index (χ0n) is 15.6. The third-order valence-electron chi connectivity index (χ3n) is 4.75. The molecule has 1 saturated heterocycles. The first-order valence-corrected chi connectivity index (χ1v) is 9.26.